The fraction of sp³-hybridized carbons (Fsp3) is 0. The molecule has 3 heterocycles. The van der Waals surface area contributed by atoms with Crippen molar-refractivity contribution in [3.05, 3.63) is 175 Å². The van der Waals surface area contributed by atoms with Crippen LogP contribution in [0.2, 0.25) is 0 Å². The summed E-state index contributed by atoms with van der Waals surface area (Å²) in [4.78, 5) is 2.29. The van der Waals surface area contributed by atoms with E-state index in [1.165, 1.54) is 47.8 Å². The van der Waals surface area contributed by atoms with Crippen molar-refractivity contribution in [2.24, 2.45) is 0 Å². The molecule has 45 heavy (non-hydrogen) atoms. The second kappa shape index (κ2) is 10.2. The molecule has 0 radical (unpaired) electrons. The minimum atomic E-state index is 1.00. The van der Waals surface area contributed by atoms with E-state index in [4.69, 9.17) is 6.58 Å². The van der Waals surface area contributed by atoms with Crippen molar-refractivity contribution in [2.75, 3.05) is 4.90 Å². The van der Waals surface area contributed by atoms with Crippen molar-refractivity contribution in [1.82, 2.24) is 4.57 Å². The van der Waals surface area contributed by atoms with E-state index in [0.29, 0.717) is 0 Å². The van der Waals surface area contributed by atoms with Gasteiger partial charge in [0, 0.05) is 59.8 Å². The summed E-state index contributed by atoms with van der Waals surface area (Å²) >= 11 is 1.87. The largest absolute Gasteiger partial charge is 0.317 e. The molecule has 0 unspecified atom stereocenters. The lowest BCUT2D eigenvalue weighted by Gasteiger charge is -2.27. The van der Waals surface area contributed by atoms with Crippen molar-refractivity contribution in [1.29, 1.82) is 0 Å². The molecule has 1 aliphatic rings. The smallest absolute Gasteiger partial charge is 0.0614 e. The number of hydrogen-bond donors (Lipinski definition) is 0. The van der Waals surface area contributed by atoms with E-state index in [1.54, 1.807) is 0 Å². The summed E-state index contributed by atoms with van der Waals surface area (Å²) in [6.45, 7) is 4.73. The third-order valence-electron chi connectivity index (χ3n) is 8.95. The molecule has 3 heteroatoms. The van der Waals surface area contributed by atoms with Crippen LogP contribution in [0.25, 0.3) is 59.5 Å². The number of para-hydroxylation sites is 3. The first kappa shape index (κ1) is 25.8. The molecule has 1 aliphatic heterocycles. The zero-order chi connectivity index (χ0) is 29.9. The van der Waals surface area contributed by atoms with E-state index >= 15 is 0 Å². The van der Waals surface area contributed by atoms with E-state index in [0.717, 1.165) is 33.9 Å². The third kappa shape index (κ3) is 4.02. The highest BCUT2D eigenvalue weighted by atomic mass is 32.1. The highest BCUT2D eigenvalue weighted by Gasteiger charge is 2.25. The molecule has 0 saturated carbocycles. The second-order valence-corrected chi connectivity index (χ2v) is 12.5. The first-order valence-electron chi connectivity index (χ1n) is 15.2. The molecule has 6 aromatic carbocycles. The van der Waals surface area contributed by atoms with Gasteiger partial charge in [-0.05, 0) is 59.7 Å². The molecule has 2 nitrogen and oxygen atoms in total. The summed E-state index contributed by atoms with van der Waals surface area (Å²) in [5.41, 5.74) is 11.4. The number of hydrogen-bond acceptors (Lipinski definition) is 2. The van der Waals surface area contributed by atoms with E-state index in [9.17, 15) is 0 Å². The Hall–Kier alpha value is -5.64. The highest BCUT2D eigenvalue weighted by molar-refractivity contribution is 7.26. The number of benzene rings is 6. The van der Waals surface area contributed by atoms with Crippen LogP contribution in [0, 0.1) is 0 Å². The van der Waals surface area contributed by atoms with Crippen molar-refractivity contribution in [3.63, 3.8) is 0 Å². The van der Waals surface area contributed by atoms with Crippen molar-refractivity contribution in [3.8, 4) is 16.8 Å². The first-order valence-corrected chi connectivity index (χ1v) is 16.0. The summed E-state index contributed by atoms with van der Waals surface area (Å²) < 4.78 is 5.02. The normalized spacial score (nSPS) is 13.5. The van der Waals surface area contributed by atoms with E-state index in [2.05, 4.69) is 167 Å². The average molecular weight is 593 g/mol. The first-order chi connectivity index (χ1) is 22.3. The molecule has 2 aromatic heterocycles. The quantitative estimate of drug-likeness (QED) is 0.198. The van der Waals surface area contributed by atoms with Gasteiger partial charge >= 0.3 is 0 Å². The van der Waals surface area contributed by atoms with Crippen LogP contribution in [0.1, 0.15) is 16.8 Å². The fourth-order valence-corrected chi connectivity index (χ4v) is 8.11. The Bertz CT molecular complexity index is 2440. The Labute approximate surface area is 266 Å². The molecule has 0 fully saturated rings. The van der Waals surface area contributed by atoms with E-state index in [-0.39, 0.29) is 0 Å². The monoisotopic (exact) mass is 592 g/mol. The zero-order valence-corrected chi connectivity index (χ0v) is 25.3. The predicted molar refractivity (Wildman–Crippen MR) is 194 cm³/mol. The lowest BCUT2D eigenvalue weighted by atomic mass is 9.96. The molecule has 0 saturated heterocycles. The van der Waals surface area contributed by atoms with Crippen molar-refractivity contribution in [2.45, 2.75) is 0 Å². The number of aromatic nitrogens is 1. The average Bonchev–Trinajstić information content (AvgIpc) is 3.64. The van der Waals surface area contributed by atoms with E-state index < -0.39 is 0 Å². The standard InChI is InChI=1S/C42H28N2S/c1-28-32-14-5-8-19-38(32)43(27-26-36-34-15-6-9-20-39(34)44(41(28)36)31-12-3-2-4-13-31)30-24-22-29(23-25-30)33-17-11-18-37-35-16-7-10-21-40(35)45-42(33)37/h2-27H,1H2/b27-26-. The number of thiophene rings is 1. The Morgan fingerprint density at radius 3 is 2.09 bits per heavy atom. The van der Waals surface area contributed by atoms with Gasteiger partial charge in [0.05, 0.1) is 16.9 Å². The van der Waals surface area contributed by atoms with Crippen LogP contribution in [0.5, 0.6) is 0 Å². The number of fused-ring (bicyclic) bond motifs is 7. The minimum absolute atomic E-state index is 1.00. The predicted octanol–water partition coefficient (Wildman–Crippen LogP) is 11.8. The Balaban J connectivity index is 1.20. The molecule has 212 valence electrons. The molecule has 0 spiro atoms. The number of rotatable bonds is 3. The van der Waals surface area contributed by atoms with Crippen LogP contribution in [0.4, 0.5) is 11.4 Å². The van der Waals surface area contributed by atoms with Crippen LogP contribution < -0.4 is 4.90 Å². The third-order valence-corrected chi connectivity index (χ3v) is 10.2. The lowest BCUT2D eigenvalue weighted by Crippen LogP contribution is -2.13. The molecule has 0 amide bonds. The van der Waals surface area contributed by atoms with Gasteiger partial charge in [-0.2, -0.15) is 0 Å². The highest BCUT2D eigenvalue weighted by Crippen LogP contribution is 2.44. The van der Waals surface area contributed by atoms with Crippen LogP contribution in [-0.4, -0.2) is 4.57 Å². The molecular weight excluding hydrogens is 565 g/mol. The van der Waals surface area contributed by atoms with Gasteiger partial charge in [-0.25, -0.2) is 0 Å². The molecule has 0 atom stereocenters. The lowest BCUT2D eigenvalue weighted by molar-refractivity contribution is 1.09. The zero-order valence-electron chi connectivity index (χ0n) is 24.5. The molecule has 9 rings (SSSR count). The second-order valence-electron chi connectivity index (χ2n) is 11.5. The summed E-state index contributed by atoms with van der Waals surface area (Å²) in [5, 5.41) is 3.85. The summed E-state index contributed by atoms with van der Waals surface area (Å²) in [7, 11) is 0. The van der Waals surface area contributed by atoms with Gasteiger partial charge in [0.15, 0.2) is 0 Å². The van der Waals surface area contributed by atoms with Gasteiger partial charge in [-0.15, -0.1) is 11.3 Å². The van der Waals surface area contributed by atoms with Gasteiger partial charge in [0.2, 0.25) is 0 Å². The molecule has 0 N–H and O–H groups in total. The van der Waals surface area contributed by atoms with Crippen LogP contribution >= 0.6 is 11.3 Å². The van der Waals surface area contributed by atoms with Crippen molar-refractivity contribution >= 4 is 65.4 Å². The van der Waals surface area contributed by atoms with Crippen molar-refractivity contribution < 1.29 is 0 Å². The summed E-state index contributed by atoms with van der Waals surface area (Å²) in [5.74, 6) is 0. The molecule has 0 bridgehead atoms. The van der Waals surface area contributed by atoms with Gasteiger partial charge in [-0.3, -0.25) is 0 Å². The topological polar surface area (TPSA) is 8.17 Å². The summed E-state index contributed by atoms with van der Waals surface area (Å²) in [6.07, 6.45) is 4.47. The Morgan fingerprint density at radius 2 is 1.22 bits per heavy atom. The molecular formula is C42H28N2S. The van der Waals surface area contributed by atoms with Gasteiger partial charge in [-0.1, -0.05) is 110 Å². The molecule has 8 aromatic rings. The van der Waals surface area contributed by atoms with Crippen LogP contribution in [0.3, 0.4) is 0 Å². The Kier molecular flexibility index (Phi) is 5.87. The number of nitrogens with zero attached hydrogens (tertiary/aromatic N) is 2. The van der Waals surface area contributed by atoms with Crippen LogP contribution in [0.15, 0.2) is 158 Å². The Morgan fingerprint density at radius 1 is 0.533 bits per heavy atom. The summed E-state index contributed by atoms with van der Waals surface area (Å²) in [6, 6.07) is 52.2. The van der Waals surface area contributed by atoms with Gasteiger partial charge in [0.25, 0.3) is 0 Å². The maximum absolute atomic E-state index is 4.73. The molecule has 0 aliphatic carbocycles. The minimum Gasteiger partial charge on any atom is -0.317 e. The number of anilines is 2. The van der Waals surface area contributed by atoms with Gasteiger partial charge < -0.3 is 9.47 Å². The maximum Gasteiger partial charge on any atom is 0.0614 e. The SMILES string of the molecule is C=C1c2ccccc2N(c2ccc(-c3cccc4c3sc3ccccc34)cc2)/C=C\c2c1n(-c1ccccc1)c1ccccc21. The van der Waals surface area contributed by atoms with Crippen LogP contribution in [-0.2, 0) is 0 Å². The fourth-order valence-electron chi connectivity index (χ4n) is 6.87. The van der Waals surface area contributed by atoms with Gasteiger partial charge in [0.1, 0.15) is 0 Å². The maximum atomic E-state index is 4.73. The van der Waals surface area contributed by atoms with E-state index in [1.807, 2.05) is 11.3 Å².